The first-order chi connectivity index (χ1) is 8.01. The Bertz CT molecular complexity index is 503. The maximum atomic E-state index is 13.5. The minimum atomic E-state index is -3.83. The molecule has 0 amide bonds. The van der Waals surface area contributed by atoms with Crippen LogP contribution in [0.4, 0.5) is 4.39 Å². The number of piperidine rings is 1. The minimum Gasteiger partial charge on any atom is -0.392 e. The molecule has 1 fully saturated rings. The van der Waals surface area contributed by atoms with Crippen molar-refractivity contribution in [2.75, 3.05) is 13.1 Å². The van der Waals surface area contributed by atoms with E-state index in [0.29, 0.717) is 19.4 Å². The van der Waals surface area contributed by atoms with Crippen LogP contribution in [0.25, 0.3) is 0 Å². The monoisotopic (exact) mass is 259 g/mol. The zero-order valence-corrected chi connectivity index (χ0v) is 10.0. The predicted octanol–water partition coefficient (Wildman–Crippen LogP) is 0.971. The third-order valence-electron chi connectivity index (χ3n) is 2.81. The molecule has 6 heteroatoms. The van der Waals surface area contributed by atoms with E-state index >= 15 is 0 Å². The molecule has 0 aromatic heterocycles. The van der Waals surface area contributed by atoms with Gasteiger partial charge in [-0.25, -0.2) is 12.8 Å². The summed E-state index contributed by atoms with van der Waals surface area (Å²) in [5.41, 5.74) is 0. The van der Waals surface area contributed by atoms with Gasteiger partial charge in [-0.15, -0.1) is 0 Å². The highest BCUT2D eigenvalue weighted by Crippen LogP contribution is 2.22. The van der Waals surface area contributed by atoms with Gasteiger partial charge in [0.1, 0.15) is 10.7 Å². The van der Waals surface area contributed by atoms with Gasteiger partial charge in [0.25, 0.3) is 0 Å². The van der Waals surface area contributed by atoms with E-state index in [1.165, 1.54) is 18.2 Å². The summed E-state index contributed by atoms with van der Waals surface area (Å²) in [7, 11) is -3.83. The highest BCUT2D eigenvalue weighted by atomic mass is 32.2. The smallest absolute Gasteiger partial charge is 0.246 e. The van der Waals surface area contributed by atoms with Gasteiger partial charge in [-0.2, -0.15) is 4.31 Å². The van der Waals surface area contributed by atoms with Crippen molar-refractivity contribution in [3.05, 3.63) is 30.1 Å². The molecular weight excluding hydrogens is 245 g/mol. The molecule has 0 aliphatic carbocycles. The van der Waals surface area contributed by atoms with E-state index in [0.717, 1.165) is 10.4 Å². The first kappa shape index (κ1) is 12.5. The zero-order valence-electron chi connectivity index (χ0n) is 9.21. The minimum absolute atomic E-state index is 0.0384. The van der Waals surface area contributed by atoms with Crippen LogP contribution in [0.2, 0.25) is 0 Å². The summed E-state index contributed by atoms with van der Waals surface area (Å²) in [5, 5.41) is 9.46. The van der Waals surface area contributed by atoms with Gasteiger partial charge in [-0.3, -0.25) is 0 Å². The molecule has 4 nitrogen and oxygen atoms in total. The number of hydrogen-bond donors (Lipinski definition) is 1. The Hall–Kier alpha value is -0.980. The summed E-state index contributed by atoms with van der Waals surface area (Å²) in [6, 6.07) is 5.29. The van der Waals surface area contributed by atoms with E-state index in [1.807, 2.05) is 0 Å². The number of aliphatic hydroxyl groups excluding tert-OH is 1. The zero-order chi connectivity index (χ0) is 12.5. The van der Waals surface area contributed by atoms with Crippen LogP contribution in [-0.4, -0.2) is 37.0 Å². The van der Waals surface area contributed by atoms with E-state index in [1.54, 1.807) is 0 Å². The topological polar surface area (TPSA) is 57.6 Å². The van der Waals surface area contributed by atoms with Crippen LogP contribution in [-0.2, 0) is 10.0 Å². The molecule has 1 N–H and O–H groups in total. The molecule has 1 atom stereocenters. The van der Waals surface area contributed by atoms with Crippen molar-refractivity contribution < 1.29 is 17.9 Å². The number of halogens is 1. The van der Waals surface area contributed by atoms with Crippen LogP contribution in [0.5, 0.6) is 0 Å². The molecule has 1 aromatic rings. The van der Waals surface area contributed by atoms with Gasteiger partial charge in [0, 0.05) is 13.1 Å². The average Bonchev–Trinajstić information content (AvgIpc) is 2.29. The summed E-state index contributed by atoms with van der Waals surface area (Å²) in [6.07, 6.45) is 0.517. The van der Waals surface area contributed by atoms with Crippen molar-refractivity contribution in [2.24, 2.45) is 0 Å². The van der Waals surface area contributed by atoms with Crippen molar-refractivity contribution in [3.8, 4) is 0 Å². The van der Waals surface area contributed by atoms with E-state index in [9.17, 15) is 17.9 Å². The molecule has 1 aliphatic heterocycles. The SMILES string of the molecule is O=S(=O)(c1ccccc1F)N1CCC[C@H](O)C1. The second-order valence-corrected chi connectivity index (χ2v) is 6.00. The highest BCUT2D eigenvalue weighted by Gasteiger charge is 2.31. The number of benzene rings is 1. The molecular formula is C11H14FNO3S. The van der Waals surface area contributed by atoms with Gasteiger partial charge >= 0.3 is 0 Å². The first-order valence-corrected chi connectivity index (χ1v) is 6.88. The number of rotatable bonds is 2. The lowest BCUT2D eigenvalue weighted by Crippen LogP contribution is -2.42. The summed E-state index contributed by atoms with van der Waals surface area (Å²) in [5.74, 6) is -0.757. The first-order valence-electron chi connectivity index (χ1n) is 5.44. The molecule has 1 saturated heterocycles. The number of nitrogens with zero attached hydrogens (tertiary/aromatic N) is 1. The van der Waals surface area contributed by atoms with E-state index in [4.69, 9.17) is 0 Å². The normalized spacial score (nSPS) is 22.6. The predicted molar refractivity (Wildman–Crippen MR) is 60.4 cm³/mol. The Kier molecular flexibility index (Phi) is 3.46. The fraction of sp³-hybridized carbons (Fsp3) is 0.455. The molecule has 17 heavy (non-hydrogen) atoms. The average molecular weight is 259 g/mol. The van der Waals surface area contributed by atoms with Gasteiger partial charge in [-0.05, 0) is 25.0 Å². The molecule has 1 aliphatic rings. The van der Waals surface area contributed by atoms with Gasteiger partial charge in [0.05, 0.1) is 6.10 Å². The molecule has 2 rings (SSSR count). The lowest BCUT2D eigenvalue weighted by Gasteiger charge is -2.29. The van der Waals surface area contributed by atoms with Crippen LogP contribution >= 0.6 is 0 Å². The van der Waals surface area contributed by atoms with Crippen LogP contribution in [0.15, 0.2) is 29.2 Å². The summed E-state index contributed by atoms with van der Waals surface area (Å²) < 4.78 is 38.9. The number of aliphatic hydroxyl groups is 1. The summed E-state index contributed by atoms with van der Waals surface area (Å²) >= 11 is 0. The third-order valence-corrected chi connectivity index (χ3v) is 4.71. The van der Waals surface area contributed by atoms with Gasteiger partial charge < -0.3 is 5.11 Å². The molecule has 94 valence electrons. The molecule has 1 heterocycles. The summed E-state index contributed by atoms with van der Waals surface area (Å²) in [6.45, 7) is 0.365. The van der Waals surface area contributed by atoms with Gasteiger partial charge in [-0.1, -0.05) is 12.1 Å². The molecule has 0 unspecified atom stereocenters. The lowest BCUT2D eigenvalue weighted by atomic mass is 10.1. The maximum absolute atomic E-state index is 13.5. The maximum Gasteiger partial charge on any atom is 0.246 e. The molecule has 1 aromatic carbocycles. The Morgan fingerprint density at radius 1 is 1.35 bits per heavy atom. The lowest BCUT2D eigenvalue weighted by molar-refractivity contribution is 0.108. The van der Waals surface area contributed by atoms with Crippen LogP contribution in [0, 0.1) is 5.82 Å². The molecule has 0 spiro atoms. The fourth-order valence-electron chi connectivity index (χ4n) is 1.93. The summed E-state index contributed by atoms with van der Waals surface area (Å²) in [4.78, 5) is -0.325. The number of β-amino-alcohol motifs (C(OH)–C–C–N with tert-alkyl or cyclic N) is 1. The van der Waals surface area contributed by atoms with Crippen LogP contribution < -0.4 is 0 Å². The number of hydrogen-bond acceptors (Lipinski definition) is 3. The van der Waals surface area contributed by atoms with Crippen molar-refractivity contribution >= 4 is 10.0 Å². The van der Waals surface area contributed by atoms with Crippen molar-refractivity contribution in [1.29, 1.82) is 0 Å². The number of sulfonamides is 1. The highest BCUT2D eigenvalue weighted by molar-refractivity contribution is 7.89. The Morgan fingerprint density at radius 3 is 2.71 bits per heavy atom. The van der Waals surface area contributed by atoms with Gasteiger partial charge in [0.2, 0.25) is 10.0 Å². The van der Waals surface area contributed by atoms with Crippen molar-refractivity contribution in [1.82, 2.24) is 4.31 Å². The van der Waals surface area contributed by atoms with Crippen LogP contribution in [0.1, 0.15) is 12.8 Å². The fourth-order valence-corrected chi connectivity index (χ4v) is 3.51. The Balaban J connectivity index is 2.33. The van der Waals surface area contributed by atoms with E-state index in [2.05, 4.69) is 0 Å². The Morgan fingerprint density at radius 2 is 2.06 bits per heavy atom. The van der Waals surface area contributed by atoms with Gasteiger partial charge in [0.15, 0.2) is 0 Å². The molecule has 0 saturated carbocycles. The third kappa shape index (κ3) is 2.48. The second-order valence-electron chi connectivity index (χ2n) is 4.09. The quantitative estimate of drug-likeness (QED) is 0.861. The van der Waals surface area contributed by atoms with E-state index in [-0.39, 0.29) is 11.4 Å². The Labute approximate surface area is 99.7 Å². The van der Waals surface area contributed by atoms with Crippen molar-refractivity contribution in [3.63, 3.8) is 0 Å². The standard InChI is InChI=1S/C11H14FNO3S/c12-10-5-1-2-6-11(10)17(15,16)13-7-3-4-9(14)8-13/h1-2,5-6,9,14H,3-4,7-8H2/t9-/m0/s1. The molecule has 0 bridgehead atoms. The second kappa shape index (κ2) is 4.72. The van der Waals surface area contributed by atoms with E-state index < -0.39 is 21.9 Å². The largest absolute Gasteiger partial charge is 0.392 e. The van der Waals surface area contributed by atoms with Crippen LogP contribution in [0.3, 0.4) is 0 Å². The molecule has 0 radical (unpaired) electrons. The van der Waals surface area contributed by atoms with Crippen molar-refractivity contribution in [2.45, 2.75) is 23.8 Å².